The standard InChI is InChI=1S/C21H28N4O2/c26-20(21(7-17-27-18-8-21)19-5-2-1-3-6-19)24-14-11-23(12-15-24)13-16-25-10-4-9-22-25/h1-6,9-10H,7-8,11-18H2. The number of hydrogen-bond donors (Lipinski definition) is 0. The van der Waals surface area contributed by atoms with Gasteiger partial charge in [-0.15, -0.1) is 0 Å². The number of carbonyl (C=O) groups excluding carboxylic acids is 1. The molecule has 0 radical (unpaired) electrons. The molecule has 4 rings (SSSR count). The zero-order chi connectivity index (χ0) is 18.5. The maximum Gasteiger partial charge on any atom is 0.233 e. The van der Waals surface area contributed by atoms with Crippen LogP contribution in [0.15, 0.2) is 48.8 Å². The van der Waals surface area contributed by atoms with E-state index in [1.165, 1.54) is 0 Å². The molecule has 6 nitrogen and oxygen atoms in total. The highest BCUT2D eigenvalue weighted by molar-refractivity contribution is 5.88. The third-order valence-corrected chi connectivity index (χ3v) is 5.95. The van der Waals surface area contributed by atoms with Gasteiger partial charge in [-0.3, -0.25) is 14.4 Å². The number of hydrogen-bond acceptors (Lipinski definition) is 4. The molecule has 2 aromatic rings. The first kappa shape index (κ1) is 18.2. The maximum atomic E-state index is 13.6. The van der Waals surface area contributed by atoms with Crippen molar-refractivity contribution in [3.63, 3.8) is 0 Å². The van der Waals surface area contributed by atoms with Crippen LogP contribution in [0, 0.1) is 0 Å². The molecule has 0 atom stereocenters. The lowest BCUT2D eigenvalue weighted by Crippen LogP contribution is -2.56. The Balaban J connectivity index is 1.39. The van der Waals surface area contributed by atoms with Gasteiger partial charge in [0.05, 0.1) is 12.0 Å². The fourth-order valence-corrected chi connectivity index (χ4v) is 4.26. The molecule has 6 heteroatoms. The molecule has 0 spiro atoms. The molecule has 0 saturated carbocycles. The predicted octanol–water partition coefficient (Wildman–Crippen LogP) is 1.78. The Morgan fingerprint density at radius 3 is 2.41 bits per heavy atom. The SMILES string of the molecule is O=C(N1CCN(CCn2cccn2)CC1)C1(c2ccccc2)CCOCC1. The van der Waals surface area contributed by atoms with Crippen LogP contribution >= 0.6 is 0 Å². The zero-order valence-electron chi connectivity index (χ0n) is 15.8. The lowest BCUT2D eigenvalue weighted by Gasteiger charge is -2.43. The summed E-state index contributed by atoms with van der Waals surface area (Å²) in [6.45, 7) is 6.63. The van der Waals surface area contributed by atoms with E-state index in [0.717, 1.165) is 57.7 Å². The number of piperazine rings is 1. The zero-order valence-corrected chi connectivity index (χ0v) is 15.8. The molecule has 27 heavy (non-hydrogen) atoms. The van der Waals surface area contributed by atoms with Gasteiger partial charge in [0, 0.05) is 58.3 Å². The average molecular weight is 368 g/mol. The van der Waals surface area contributed by atoms with E-state index in [2.05, 4.69) is 27.0 Å². The van der Waals surface area contributed by atoms with Crippen molar-refractivity contribution < 1.29 is 9.53 Å². The van der Waals surface area contributed by atoms with Crippen LogP contribution in [0.3, 0.4) is 0 Å². The van der Waals surface area contributed by atoms with E-state index in [1.807, 2.05) is 41.3 Å². The molecular formula is C21H28N4O2. The van der Waals surface area contributed by atoms with Crippen LogP contribution in [0.25, 0.3) is 0 Å². The van der Waals surface area contributed by atoms with E-state index in [-0.39, 0.29) is 5.91 Å². The Morgan fingerprint density at radius 2 is 1.74 bits per heavy atom. The van der Waals surface area contributed by atoms with Gasteiger partial charge in [-0.05, 0) is 24.5 Å². The summed E-state index contributed by atoms with van der Waals surface area (Å²) in [4.78, 5) is 18.1. The summed E-state index contributed by atoms with van der Waals surface area (Å²) >= 11 is 0. The predicted molar refractivity (Wildman–Crippen MR) is 103 cm³/mol. The number of nitrogens with zero attached hydrogens (tertiary/aromatic N) is 4. The Hall–Kier alpha value is -2.18. The summed E-state index contributed by atoms with van der Waals surface area (Å²) in [6.07, 6.45) is 5.35. The van der Waals surface area contributed by atoms with Crippen LogP contribution in [0.1, 0.15) is 18.4 Å². The lowest BCUT2D eigenvalue weighted by molar-refractivity contribution is -0.143. The number of amides is 1. The number of aromatic nitrogens is 2. The van der Waals surface area contributed by atoms with Gasteiger partial charge in [-0.25, -0.2) is 0 Å². The Kier molecular flexibility index (Phi) is 5.55. The van der Waals surface area contributed by atoms with Gasteiger partial charge in [0.2, 0.25) is 5.91 Å². The Labute approximate surface area is 160 Å². The highest BCUT2D eigenvalue weighted by Crippen LogP contribution is 2.37. The van der Waals surface area contributed by atoms with Crippen molar-refractivity contribution in [3.05, 3.63) is 54.4 Å². The number of carbonyl (C=O) groups is 1. The topological polar surface area (TPSA) is 50.6 Å². The Bertz CT molecular complexity index is 718. The molecule has 2 fully saturated rings. The molecule has 2 aliphatic heterocycles. The summed E-state index contributed by atoms with van der Waals surface area (Å²) in [7, 11) is 0. The van der Waals surface area contributed by atoms with Crippen LogP contribution < -0.4 is 0 Å². The highest BCUT2D eigenvalue weighted by Gasteiger charge is 2.44. The van der Waals surface area contributed by atoms with Gasteiger partial charge in [-0.2, -0.15) is 5.10 Å². The summed E-state index contributed by atoms with van der Waals surface area (Å²) in [5, 5.41) is 4.26. The molecule has 1 aromatic carbocycles. The first-order valence-electron chi connectivity index (χ1n) is 9.90. The quantitative estimate of drug-likeness (QED) is 0.807. The molecule has 144 valence electrons. The van der Waals surface area contributed by atoms with Crippen LogP contribution in [-0.4, -0.2) is 71.4 Å². The third kappa shape index (κ3) is 3.92. The average Bonchev–Trinajstić information content (AvgIpc) is 3.27. The van der Waals surface area contributed by atoms with Crippen molar-refractivity contribution in [1.82, 2.24) is 19.6 Å². The summed E-state index contributed by atoms with van der Waals surface area (Å²) in [5.74, 6) is 0.281. The fourth-order valence-electron chi connectivity index (χ4n) is 4.26. The minimum atomic E-state index is -0.420. The van der Waals surface area contributed by atoms with Crippen LogP contribution in [0.4, 0.5) is 0 Å². The molecule has 0 N–H and O–H groups in total. The second-order valence-electron chi connectivity index (χ2n) is 7.46. The lowest BCUT2D eigenvalue weighted by atomic mass is 9.73. The molecule has 0 bridgehead atoms. The molecule has 2 aliphatic rings. The molecule has 2 saturated heterocycles. The first-order chi connectivity index (χ1) is 13.3. The van der Waals surface area contributed by atoms with Gasteiger partial charge in [0.25, 0.3) is 0 Å². The second kappa shape index (κ2) is 8.23. The van der Waals surface area contributed by atoms with Crippen molar-refractivity contribution in [1.29, 1.82) is 0 Å². The van der Waals surface area contributed by atoms with E-state index >= 15 is 0 Å². The molecule has 3 heterocycles. The van der Waals surface area contributed by atoms with Crippen molar-refractivity contribution in [2.24, 2.45) is 0 Å². The summed E-state index contributed by atoms with van der Waals surface area (Å²) in [6, 6.07) is 12.2. The van der Waals surface area contributed by atoms with E-state index < -0.39 is 5.41 Å². The van der Waals surface area contributed by atoms with E-state index in [0.29, 0.717) is 13.2 Å². The molecule has 0 unspecified atom stereocenters. The second-order valence-corrected chi connectivity index (χ2v) is 7.46. The van der Waals surface area contributed by atoms with Crippen molar-refractivity contribution in [2.75, 3.05) is 45.9 Å². The van der Waals surface area contributed by atoms with E-state index in [9.17, 15) is 4.79 Å². The van der Waals surface area contributed by atoms with Gasteiger partial charge in [0.1, 0.15) is 0 Å². The number of benzene rings is 1. The maximum absolute atomic E-state index is 13.6. The van der Waals surface area contributed by atoms with Crippen LogP contribution in [0.2, 0.25) is 0 Å². The molecular weight excluding hydrogens is 340 g/mol. The molecule has 1 aromatic heterocycles. The molecule has 1 amide bonds. The smallest absolute Gasteiger partial charge is 0.233 e. The minimum absolute atomic E-state index is 0.281. The number of rotatable bonds is 5. The highest BCUT2D eigenvalue weighted by atomic mass is 16.5. The molecule has 0 aliphatic carbocycles. The van der Waals surface area contributed by atoms with Gasteiger partial charge in [-0.1, -0.05) is 30.3 Å². The monoisotopic (exact) mass is 368 g/mol. The van der Waals surface area contributed by atoms with Crippen molar-refractivity contribution in [3.8, 4) is 0 Å². The van der Waals surface area contributed by atoms with Gasteiger partial charge >= 0.3 is 0 Å². The van der Waals surface area contributed by atoms with Crippen molar-refractivity contribution in [2.45, 2.75) is 24.8 Å². The normalized spacial score (nSPS) is 20.5. The fraction of sp³-hybridized carbons (Fsp3) is 0.524. The first-order valence-corrected chi connectivity index (χ1v) is 9.90. The van der Waals surface area contributed by atoms with E-state index in [4.69, 9.17) is 4.74 Å². The van der Waals surface area contributed by atoms with Crippen molar-refractivity contribution >= 4 is 5.91 Å². The minimum Gasteiger partial charge on any atom is -0.381 e. The summed E-state index contributed by atoms with van der Waals surface area (Å²) in [5.41, 5.74) is 0.718. The number of ether oxygens (including phenoxy) is 1. The van der Waals surface area contributed by atoms with Gasteiger partial charge < -0.3 is 9.64 Å². The largest absolute Gasteiger partial charge is 0.381 e. The van der Waals surface area contributed by atoms with Gasteiger partial charge in [0.15, 0.2) is 0 Å². The summed E-state index contributed by atoms with van der Waals surface area (Å²) < 4.78 is 7.54. The van der Waals surface area contributed by atoms with E-state index in [1.54, 1.807) is 0 Å². The Morgan fingerprint density at radius 1 is 1.00 bits per heavy atom. The van der Waals surface area contributed by atoms with Crippen LogP contribution in [-0.2, 0) is 21.5 Å². The third-order valence-electron chi connectivity index (χ3n) is 5.95. The van der Waals surface area contributed by atoms with Crippen LogP contribution in [0.5, 0.6) is 0 Å².